The van der Waals surface area contributed by atoms with E-state index in [1.54, 1.807) is 7.05 Å². The lowest BCUT2D eigenvalue weighted by Gasteiger charge is -1.99. The van der Waals surface area contributed by atoms with Gasteiger partial charge in [-0.15, -0.1) is 0 Å². The molecule has 0 atom stereocenters. The molecule has 54 valence electrons. The molecular weight excluding hydrogens is 121 g/mol. The van der Waals surface area contributed by atoms with Crippen LogP contribution in [0.4, 0.5) is 4.39 Å². The highest BCUT2D eigenvalue weighted by atomic mass is 19.1. The van der Waals surface area contributed by atoms with Gasteiger partial charge in [0.05, 0.1) is 0 Å². The molecule has 0 radical (unpaired) electrons. The van der Waals surface area contributed by atoms with Crippen LogP contribution in [0.15, 0.2) is 11.5 Å². The lowest BCUT2D eigenvalue weighted by atomic mass is 10.4. The van der Waals surface area contributed by atoms with Gasteiger partial charge < -0.3 is 11.1 Å². The fraction of sp³-hybridized carbons (Fsp3) is 0.400. The lowest BCUT2D eigenvalue weighted by Crippen LogP contribution is -2.15. The summed E-state index contributed by atoms with van der Waals surface area (Å²) in [5.41, 5.74) is 5.10. The summed E-state index contributed by atoms with van der Waals surface area (Å²) in [6.07, 6.45) is 0. The molecule has 0 aromatic rings. The van der Waals surface area contributed by atoms with E-state index in [1.807, 2.05) is 0 Å². The van der Waals surface area contributed by atoms with E-state index in [-0.39, 0.29) is 7.12 Å². The monoisotopic (exact) mass is 133 g/mol. The van der Waals surface area contributed by atoms with Crippen LogP contribution in [0, 0.1) is 5.41 Å². The normalized spacial score (nSPS) is 12.3. The van der Waals surface area contributed by atoms with Crippen molar-refractivity contribution in [3.8, 4) is 0 Å². The van der Waals surface area contributed by atoms with Crippen LogP contribution in [-0.2, 0) is 0 Å². The van der Waals surface area contributed by atoms with Crippen LogP contribution in [0.2, 0.25) is 0 Å². The van der Waals surface area contributed by atoms with E-state index < -0.39 is 11.7 Å². The number of halogens is 1. The first-order chi connectivity index (χ1) is 4.09. The number of amidine groups is 1. The van der Waals surface area contributed by atoms with Crippen molar-refractivity contribution in [1.29, 1.82) is 5.41 Å². The van der Waals surface area contributed by atoms with E-state index in [9.17, 15) is 4.39 Å². The van der Waals surface area contributed by atoms with Crippen molar-refractivity contribution >= 4 is 5.84 Å². The van der Waals surface area contributed by atoms with Crippen LogP contribution in [0.5, 0.6) is 0 Å². The third-order valence-electron chi connectivity index (χ3n) is 0.941. The minimum Gasteiger partial charge on any atom is -0.389 e. The van der Waals surface area contributed by atoms with Crippen molar-refractivity contribution in [3.05, 3.63) is 11.5 Å². The van der Waals surface area contributed by atoms with E-state index in [0.29, 0.717) is 0 Å². The van der Waals surface area contributed by atoms with Gasteiger partial charge in [0.15, 0.2) is 11.7 Å². The molecule has 0 saturated carbocycles. The second-order valence-electron chi connectivity index (χ2n) is 1.60. The Balaban J connectivity index is 0. The lowest BCUT2D eigenvalue weighted by molar-refractivity contribution is 0.652. The van der Waals surface area contributed by atoms with Crippen molar-refractivity contribution < 1.29 is 5.82 Å². The molecule has 4 N–H and O–H groups in total. The van der Waals surface area contributed by atoms with Gasteiger partial charge in [-0.2, -0.15) is 0 Å². The highest BCUT2D eigenvalue weighted by Crippen LogP contribution is 1.99. The van der Waals surface area contributed by atoms with Crippen LogP contribution in [0.25, 0.3) is 0 Å². The van der Waals surface area contributed by atoms with Crippen LogP contribution in [0.1, 0.15) is 8.35 Å². The average molecular weight is 133 g/mol. The summed E-state index contributed by atoms with van der Waals surface area (Å²) in [7, 11) is 1.57. The number of allylic oxidation sites excluding steroid dienone is 1. The molecular formula is C5H12FN3. The SMILES string of the molecule is CN/C(C)=C(/F)C(=N)N.[HH]. The summed E-state index contributed by atoms with van der Waals surface area (Å²) in [5, 5.41) is 9.17. The molecule has 0 aromatic carbocycles. The minimum absolute atomic E-state index is 0. The zero-order valence-corrected chi connectivity index (χ0v) is 5.46. The van der Waals surface area contributed by atoms with Crippen molar-refractivity contribution in [3.63, 3.8) is 0 Å². The summed E-state index contributed by atoms with van der Waals surface area (Å²) >= 11 is 0. The van der Waals surface area contributed by atoms with Crippen molar-refractivity contribution in [2.24, 2.45) is 5.73 Å². The van der Waals surface area contributed by atoms with Gasteiger partial charge in [0.2, 0.25) is 0 Å². The maximum Gasteiger partial charge on any atom is 0.183 e. The molecule has 0 heterocycles. The Bertz CT molecular complexity index is 155. The molecule has 0 aliphatic rings. The average Bonchev–Trinajstić information content (AvgIpc) is 1.84. The molecule has 0 rings (SSSR count). The van der Waals surface area contributed by atoms with Crippen LogP contribution in [0.3, 0.4) is 0 Å². The van der Waals surface area contributed by atoms with Crippen LogP contribution >= 0.6 is 0 Å². The maximum absolute atomic E-state index is 12.4. The summed E-state index contributed by atoms with van der Waals surface area (Å²) in [5.74, 6) is -1.24. The predicted molar refractivity (Wildman–Crippen MR) is 36.9 cm³/mol. The van der Waals surface area contributed by atoms with Crippen molar-refractivity contribution in [2.75, 3.05) is 7.05 Å². The van der Waals surface area contributed by atoms with Gasteiger partial charge in [-0.3, -0.25) is 5.41 Å². The molecule has 0 fully saturated rings. The Labute approximate surface area is 54.7 Å². The second-order valence-corrected chi connectivity index (χ2v) is 1.60. The second kappa shape index (κ2) is 3.06. The largest absolute Gasteiger partial charge is 0.389 e. The van der Waals surface area contributed by atoms with Crippen LogP contribution < -0.4 is 11.1 Å². The quantitative estimate of drug-likeness (QED) is 0.381. The first kappa shape index (κ1) is 7.94. The van der Waals surface area contributed by atoms with E-state index in [4.69, 9.17) is 11.1 Å². The summed E-state index contributed by atoms with van der Waals surface area (Å²) in [6.45, 7) is 1.51. The maximum atomic E-state index is 12.4. The van der Waals surface area contributed by atoms with Crippen LogP contribution in [-0.4, -0.2) is 12.9 Å². The molecule has 9 heavy (non-hydrogen) atoms. The summed E-state index contributed by atoms with van der Waals surface area (Å²) in [4.78, 5) is 0. The first-order valence-electron chi connectivity index (χ1n) is 2.48. The smallest absolute Gasteiger partial charge is 0.183 e. The molecule has 0 aliphatic carbocycles. The first-order valence-corrected chi connectivity index (χ1v) is 2.48. The van der Waals surface area contributed by atoms with Crippen molar-refractivity contribution in [1.82, 2.24) is 5.32 Å². The van der Waals surface area contributed by atoms with Gasteiger partial charge in [0, 0.05) is 14.2 Å². The highest BCUT2D eigenvalue weighted by molar-refractivity contribution is 5.92. The predicted octanol–water partition coefficient (Wildman–Crippen LogP) is 0.589. The van der Waals surface area contributed by atoms with E-state index in [2.05, 4.69) is 5.32 Å². The van der Waals surface area contributed by atoms with Gasteiger partial charge >= 0.3 is 0 Å². The fourth-order valence-corrected chi connectivity index (χ4v) is 0.312. The molecule has 0 aliphatic heterocycles. The number of hydrogen-bond donors (Lipinski definition) is 3. The molecule has 0 unspecified atom stereocenters. The standard InChI is InChI=1S/C5H10FN3.H2/c1-3(9-2)4(6)5(7)8;/h9H,1-2H3,(H3,7,8);1H/b4-3+;. The zero-order valence-electron chi connectivity index (χ0n) is 5.46. The van der Waals surface area contributed by atoms with Gasteiger partial charge in [-0.25, -0.2) is 4.39 Å². The Kier molecular flexibility index (Phi) is 2.70. The Morgan fingerprint density at radius 3 is 2.33 bits per heavy atom. The molecule has 3 nitrogen and oxygen atoms in total. The molecule has 0 aromatic heterocycles. The summed E-state index contributed by atoms with van der Waals surface area (Å²) < 4.78 is 12.4. The third-order valence-corrected chi connectivity index (χ3v) is 0.941. The van der Waals surface area contributed by atoms with E-state index >= 15 is 0 Å². The summed E-state index contributed by atoms with van der Waals surface area (Å²) in [6, 6.07) is 0. The zero-order chi connectivity index (χ0) is 7.44. The number of nitrogens with one attached hydrogen (secondary N) is 2. The van der Waals surface area contributed by atoms with Gasteiger partial charge in [0.25, 0.3) is 0 Å². The number of rotatable bonds is 2. The number of hydrogen-bond acceptors (Lipinski definition) is 2. The topological polar surface area (TPSA) is 61.9 Å². The van der Waals surface area contributed by atoms with E-state index in [1.165, 1.54) is 6.92 Å². The molecule has 0 spiro atoms. The Hall–Kier alpha value is -1.06. The third kappa shape index (κ3) is 2.12. The van der Waals surface area contributed by atoms with Gasteiger partial charge in [-0.05, 0) is 6.92 Å². The van der Waals surface area contributed by atoms with Gasteiger partial charge in [0.1, 0.15) is 0 Å². The Morgan fingerprint density at radius 2 is 2.22 bits per heavy atom. The molecule has 0 saturated heterocycles. The Morgan fingerprint density at radius 1 is 1.78 bits per heavy atom. The van der Waals surface area contributed by atoms with E-state index in [0.717, 1.165) is 0 Å². The number of nitrogens with two attached hydrogens (primary N) is 1. The fourth-order valence-electron chi connectivity index (χ4n) is 0.312. The minimum atomic E-state index is -0.697. The molecule has 0 amide bonds. The molecule has 0 bridgehead atoms. The highest BCUT2D eigenvalue weighted by Gasteiger charge is 2.01. The van der Waals surface area contributed by atoms with Crippen molar-refractivity contribution in [2.45, 2.75) is 6.92 Å². The molecule has 4 heteroatoms. The van der Waals surface area contributed by atoms with Gasteiger partial charge in [-0.1, -0.05) is 0 Å².